The second kappa shape index (κ2) is 4.37. The number of aliphatic carboxylic acids is 1. The van der Waals surface area contributed by atoms with Crippen molar-refractivity contribution in [1.82, 2.24) is 0 Å². The maximum Gasteiger partial charge on any atom is 0.304 e. The molecule has 0 saturated carbocycles. The van der Waals surface area contributed by atoms with Crippen molar-refractivity contribution in [2.75, 3.05) is 5.32 Å². The fourth-order valence-corrected chi connectivity index (χ4v) is 3.07. The zero-order valence-electron chi connectivity index (χ0n) is 9.36. The maximum absolute atomic E-state index is 10.7. The topological polar surface area (TPSA) is 49.3 Å². The third kappa shape index (κ3) is 2.32. The summed E-state index contributed by atoms with van der Waals surface area (Å²) in [5.41, 5.74) is 2.34. The van der Waals surface area contributed by atoms with E-state index in [0.717, 1.165) is 10.6 Å². The molecule has 4 heteroatoms. The summed E-state index contributed by atoms with van der Waals surface area (Å²) in [7, 11) is 0. The van der Waals surface area contributed by atoms with E-state index >= 15 is 0 Å². The predicted octanol–water partition coefficient (Wildman–Crippen LogP) is 2.74. The van der Waals surface area contributed by atoms with Gasteiger partial charge >= 0.3 is 5.97 Å². The molecular formula is C12H15NO2S. The van der Waals surface area contributed by atoms with Gasteiger partial charge in [0.1, 0.15) is 0 Å². The molecule has 1 aliphatic heterocycles. The monoisotopic (exact) mass is 237 g/mol. The predicted molar refractivity (Wildman–Crippen MR) is 66.2 cm³/mol. The molecule has 1 heterocycles. The van der Waals surface area contributed by atoms with E-state index in [0.29, 0.717) is 0 Å². The highest BCUT2D eigenvalue weighted by Crippen LogP contribution is 2.39. The molecule has 1 aromatic carbocycles. The average Bonchev–Trinajstić information content (AvgIpc) is 2.19. The maximum atomic E-state index is 10.7. The molecule has 0 aromatic heterocycles. The van der Waals surface area contributed by atoms with E-state index in [1.54, 1.807) is 11.8 Å². The van der Waals surface area contributed by atoms with Crippen LogP contribution in [-0.2, 0) is 4.79 Å². The van der Waals surface area contributed by atoms with Gasteiger partial charge in [-0.1, -0.05) is 6.07 Å². The van der Waals surface area contributed by atoms with Gasteiger partial charge in [0.15, 0.2) is 0 Å². The second-order valence-corrected chi connectivity index (χ2v) is 5.47. The third-order valence-corrected chi connectivity index (χ3v) is 4.22. The first-order valence-corrected chi connectivity index (χ1v) is 6.20. The Bertz CT molecular complexity index is 419. The van der Waals surface area contributed by atoms with Gasteiger partial charge in [0.25, 0.3) is 0 Å². The summed E-state index contributed by atoms with van der Waals surface area (Å²) in [6.07, 6.45) is 0.201. The lowest BCUT2D eigenvalue weighted by molar-refractivity contribution is -0.137. The lowest BCUT2D eigenvalue weighted by Crippen LogP contribution is -2.33. The summed E-state index contributed by atoms with van der Waals surface area (Å²) in [4.78, 5) is 11.9. The first-order chi connectivity index (χ1) is 7.56. The Balaban J connectivity index is 2.21. The number of carbonyl (C=O) groups is 1. The smallest absolute Gasteiger partial charge is 0.304 e. The summed E-state index contributed by atoms with van der Waals surface area (Å²) in [5, 5.41) is 12.3. The SMILES string of the molecule is Cc1ccc2c(c1)NC(C)C(CC(=O)O)S2. The van der Waals surface area contributed by atoms with E-state index in [1.807, 2.05) is 6.92 Å². The first kappa shape index (κ1) is 11.3. The molecule has 0 spiro atoms. The number of hydrogen-bond donors (Lipinski definition) is 2. The summed E-state index contributed by atoms with van der Waals surface area (Å²) >= 11 is 1.66. The Kier molecular flexibility index (Phi) is 3.10. The van der Waals surface area contributed by atoms with Crippen molar-refractivity contribution in [3.05, 3.63) is 23.8 Å². The van der Waals surface area contributed by atoms with Gasteiger partial charge in [0.05, 0.1) is 6.42 Å². The number of fused-ring (bicyclic) bond motifs is 1. The summed E-state index contributed by atoms with van der Waals surface area (Å²) in [6.45, 7) is 4.09. The number of aryl methyl sites for hydroxylation is 1. The van der Waals surface area contributed by atoms with E-state index < -0.39 is 5.97 Å². The van der Waals surface area contributed by atoms with Gasteiger partial charge in [0.2, 0.25) is 0 Å². The van der Waals surface area contributed by atoms with Crippen LogP contribution in [0, 0.1) is 6.92 Å². The molecule has 0 fully saturated rings. The van der Waals surface area contributed by atoms with Crippen LogP contribution < -0.4 is 5.32 Å². The lowest BCUT2D eigenvalue weighted by Gasteiger charge is -2.31. The van der Waals surface area contributed by atoms with Crippen LogP contribution in [0.1, 0.15) is 18.9 Å². The Morgan fingerprint density at radius 2 is 2.31 bits per heavy atom. The van der Waals surface area contributed by atoms with Crippen molar-refractivity contribution in [2.45, 2.75) is 36.5 Å². The molecule has 0 aliphatic carbocycles. The molecule has 2 atom stereocenters. The van der Waals surface area contributed by atoms with E-state index in [-0.39, 0.29) is 17.7 Å². The molecule has 0 saturated heterocycles. The van der Waals surface area contributed by atoms with Gasteiger partial charge in [-0.05, 0) is 31.5 Å². The van der Waals surface area contributed by atoms with Gasteiger partial charge in [0, 0.05) is 21.9 Å². The molecule has 0 amide bonds. The highest BCUT2D eigenvalue weighted by Gasteiger charge is 2.27. The molecule has 86 valence electrons. The van der Waals surface area contributed by atoms with E-state index in [4.69, 9.17) is 5.11 Å². The lowest BCUT2D eigenvalue weighted by atomic mass is 10.1. The van der Waals surface area contributed by atoms with Crippen molar-refractivity contribution in [3.8, 4) is 0 Å². The van der Waals surface area contributed by atoms with Crippen LogP contribution in [0.15, 0.2) is 23.1 Å². The third-order valence-electron chi connectivity index (χ3n) is 2.73. The van der Waals surface area contributed by atoms with Gasteiger partial charge in [-0.2, -0.15) is 0 Å². The number of nitrogens with one attached hydrogen (secondary N) is 1. The summed E-state index contributed by atoms with van der Waals surface area (Å²) in [6, 6.07) is 6.41. The number of hydrogen-bond acceptors (Lipinski definition) is 3. The molecular weight excluding hydrogens is 222 g/mol. The molecule has 2 rings (SSSR count). The van der Waals surface area contributed by atoms with Gasteiger partial charge in [-0.3, -0.25) is 4.79 Å². The minimum atomic E-state index is -0.735. The van der Waals surface area contributed by atoms with E-state index in [1.165, 1.54) is 5.56 Å². The highest BCUT2D eigenvalue weighted by atomic mass is 32.2. The van der Waals surface area contributed by atoms with Crippen molar-refractivity contribution in [2.24, 2.45) is 0 Å². The number of carboxylic acids is 1. The fraction of sp³-hybridized carbons (Fsp3) is 0.417. The fourth-order valence-electron chi connectivity index (χ4n) is 1.85. The van der Waals surface area contributed by atoms with Crippen LogP contribution in [-0.4, -0.2) is 22.4 Å². The van der Waals surface area contributed by atoms with Crippen LogP contribution in [0.5, 0.6) is 0 Å². The van der Waals surface area contributed by atoms with Crippen LogP contribution in [0.2, 0.25) is 0 Å². The van der Waals surface area contributed by atoms with Crippen molar-refractivity contribution in [1.29, 1.82) is 0 Å². The first-order valence-electron chi connectivity index (χ1n) is 5.32. The number of benzene rings is 1. The molecule has 3 nitrogen and oxygen atoms in total. The van der Waals surface area contributed by atoms with Crippen LogP contribution in [0.25, 0.3) is 0 Å². The largest absolute Gasteiger partial charge is 0.481 e. The quantitative estimate of drug-likeness (QED) is 0.830. The van der Waals surface area contributed by atoms with E-state index in [2.05, 4.69) is 30.4 Å². The Hall–Kier alpha value is -1.16. The van der Waals surface area contributed by atoms with Gasteiger partial charge < -0.3 is 10.4 Å². The molecule has 2 unspecified atom stereocenters. The number of anilines is 1. The van der Waals surface area contributed by atoms with Gasteiger partial charge in [-0.15, -0.1) is 11.8 Å². The molecule has 1 aliphatic rings. The molecule has 2 N–H and O–H groups in total. The van der Waals surface area contributed by atoms with E-state index in [9.17, 15) is 4.79 Å². The molecule has 0 bridgehead atoms. The minimum absolute atomic E-state index is 0.104. The molecule has 0 radical (unpaired) electrons. The van der Waals surface area contributed by atoms with Gasteiger partial charge in [-0.25, -0.2) is 0 Å². The Morgan fingerprint density at radius 1 is 1.56 bits per heavy atom. The summed E-state index contributed by atoms with van der Waals surface area (Å²) < 4.78 is 0. The molecule has 16 heavy (non-hydrogen) atoms. The van der Waals surface area contributed by atoms with Crippen LogP contribution in [0.4, 0.5) is 5.69 Å². The number of thioether (sulfide) groups is 1. The van der Waals surface area contributed by atoms with Crippen LogP contribution in [0.3, 0.4) is 0 Å². The normalized spacial score (nSPS) is 23.4. The number of rotatable bonds is 2. The highest BCUT2D eigenvalue weighted by molar-refractivity contribution is 8.00. The van der Waals surface area contributed by atoms with Crippen molar-refractivity contribution >= 4 is 23.4 Å². The molecule has 1 aromatic rings. The Morgan fingerprint density at radius 3 is 3.00 bits per heavy atom. The minimum Gasteiger partial charge on any atom is -0.481 e. The number of carboxylic acid groups (broad SMARTS) is 1. The zero-order chi connectivity index (χ0) is 11.7. The van der Waals surface area contributed by atoms with Crippen molar-refractivity contribution in [3.63, 3.8) is 0 Å². The van der Waals surface area contributed by atoms with Crippen LogP contribution >= 0.6 is 11.8 Å². The standard InChI is InChI=1S/C12H15NO2S/c1-7-3-4-10-9(5-7)13-8(2)11(16-10)6-12(14)15/h3-5,8,11,13H,6H2,1-2H3,(H,14,15). The average molecular weight is 237 g/mol. The van der Waals surface area contributed by atoms with Crippen molar-refractivity contribution < 1.29 is 9.90 Å². The zero-order valence-corrected chi connectivity index (χ0v) is 10.2. The summed E-state index contributed by atoms with van der Waals surface area (Å²) in [5.74, 6) is -0.735. The Labute approximate surface area is 99.2 Å². The second-order valence-electron chi connectivity index (χ2n) is 4.19.